The first-order valence-electron chi connectivity index (χ1n) is 6.42. The van der Waals surface area contributed by atoms with Gasteiger partial charge in [0.15, 0.2) is 0 Å². The van der Waals surface area contributed by atoms with E-state index in [9.17, 15) is 4.79 Å². The van der Waals surface area contributed by atoms with Crippen molar-refractivity contribution in [3.05, 3.63) is 29.8 Å². The number of anilines is 1. The largest absolute Gasteiger partial charge is 0.389 e. The SMILES string of the molecule is NC(=S)c1cccc(NC(=O)COCCC2CC2)c1. The zero-order valence-electron chi connectivity index (χ0n) is 10.7. The molecule has 19 heavy (non-hydrogen) atoms. The molecule has 0 aliphatic heterocycles. The first kappa shape index (κ1) is 14.0. The van der Waals surface area contributed by atoms with Gasteiger partial charge in [-0.2, -0.15) is 0 Å². The normalized spacial score (nSPS) is 14.1. The highest BCUT2D eigenvalue weighted by Gasteiger charge is 2.20. The number of amides is 1. The molecule has 4 nitrogen and oxygen atoms in total. The number of hydrogen-bond acceptors (Lipinski definition) is 3. The lowest BCUT2D eigenvalue weighted by atomic mass is 10.2. The van der Waals surface area contributed by atoms with Crippen LogP contribution in [0.2, 0.25) is 0 Å². The molecule has 1 saturated carbocycles. The molecule has 0 radical (unpaired) electrons. The molecule has 0 unspecified atom stereocenters. The predicted octanol–water partition coefficient (Wildman–Crippen LogP) is 2.08. The van der Waals surface area contributed by atoms with Crippen molar-refractivity contribution in [2.75, 3.05) is 18.5 Å². The van der Waals surface area contributed by atoms with Gasteiger partial charge in [0.25, 0.3) is 0 Å². The molecule has 0 aromatic heterocycles. The Bertz CT molecular complexity index is 472. The highest BCUT2D eigenvalue weighted by Crippen LogP contribution is 2.32. The molecule has 0 atom stereocenters. The average Bonchev–Trinajstić information content (AvgIpc) is 3.19. The predicted molar refractivity (Wildman–Crippen MR) is 79.1 cm³/mol. The van der Waals surface area contributed by atoms with E-state index in [4.69, 9.17) is 22.7 Å². The molecule has 1 aromatic carbocycles. The van der Waals surface area contributed by atoms with Gasteiger partial charge in [0, 0.05) is 17.9 Å². The average molecular weight is 278 g/mol. The molecule has 1 amide bonds. The van der Waals surface area contributed by atoms with Crippen molar-refractivity contribution < 1.29 is 9.53 Å². The van der Waals surface area contributed by atoms with Crippen molar-refractivity contribution in [2.24, 2.45) is 11.7 Å². The molecule has 0 bridgehead atoms. The molecule has 1 aromatic rings. The summed E-state index contributed by atoms with van der Waals surface area (Å²) in [6, 6.07) is 7.16. The van der Waals surface area contributed by atoms with Crippen molar-refractivity contribution in [3.8, 4) is 0 Å². The van der Waals surface area contributed by atoms with Gasteiger partial charge in [-0.1, -0.05) is 37.2 Å². The monoisotopic (exact) mass is 278 g/mol. The second-order valence-electron chi connectivity index (χ2n) is 4.78. The van der Waals surface area contributed by atoms with Crippen molar-refractivity contribution in [2.45, 2.75) is 19.3 Å². The number of nitrogens with two attached hydrogens (primary N) is 1. The van der Waals surface area contributed by atoms with E-state index in [0.717, 1.165) is 17.9 Å². The van der Waals surface area contributed by atoms with Crippen LogP contribution in [0.5, 0.6) is 0 Å². The third-order valence-electron chi connectivity index (χ3n) is 3.03. The molecule has 0 saturated heterocycles. The van der Waals surface area contributed by atoms with E-state index in [2.05, 4.69) is 5.32 Å². The third kappa shape index (κ3) is 4.96. The van der Waals surface area contributed by atoms with Gasteiger partial charge in [0.2, 0.25) is 5.91 Å². The Morgan fingerprint density at radius 1 is 1.47 bits per heavy atom. The number of carbonyl (C=O) groups excluding carboxylic acids is 1. The lowest BCUT2D eigenvalue weighted by Gasteiger charge is -2.07. The maximum atomic E-state index is 11.7. The fourth-order valence-electron chi connectivity index (χ4n) is 1.77. The lowest BCUT2D eigenvalue weighted by Crippen LogP contribution is -2.19. The Balaban J connectivity index is 1.74. The summed E-state index contributed by atoms with van der Waals surface area (Å²) in [5.74, 6) is 0.668. The lowest BCUT2D eigenvalue weighted by molar-refractivity contribution is -0.120. The molecule has 1 fully saturated rings. The molecule has 0 heterocycles. The van der Waals surface area contributed by atoms with Gasteiger partial charge >= 0.3 is 0 Å². The smallest absolute Gasteiger partial charge is 0.250 e. The van der Waals surface area contributed by atoms with Gasteiger partial charge in [-0.25, -0.2) is 0 Å². The summed E-state index contributed by atoms with van der Waals surface area (Å²) in [6.07, 6.45) is 3.67. The van der Waals surface area contributed by atoms with E-state index in [0.29, 0.717) is 17.3 Å². The molecular formula is C14H18N2O2S. The first-order chi connectivity index (χ1) is 9.15. The summed E-state index contributed by atoms with van der Waals surface area (Å²) < 4.78 is 5.33. The number of thiocarbonyl (C=S) groups is 1. The molecule has 3 N–H and O–H groups in total. The van der Waals surface area contributed by atoms with Crippen LogP contribution in [0.3, 0.4) is 0 Å². The third-order valence-corrected chi connectivity index (χ3v) is 3.27. The maximum absolute atomic E-state index is 11.7. The van der Waals surface area contributed by atoms with E-state index in [1.807, 2.05) is 6.07 Å². The number of carbonyl (C=O) groups is 1. The zero-order valence-corrected chi connectivity index (χ0v) is 11.5. The fraction of sp³-hybridized carbons (Fsp3) is 0.429. The Labute approximate surface area is 118 Å². The summed E-state index contributed by atoms with van der Waals surface area (Å²) in [7, 11) is 0. The van der Waals surface area contributed by atoms with E-state index >= 15 is 0 Å². The maximum Gasteiger partial charge on any atom is 0.250 e. The number of hydrogen-bond donors (Lipinski definition) is 2. The second kappa shape index (κ2) is 6.63. The highest BCUT2D eigenvalue weighted by molar-refractivity contribution is 7.80. The van der Waals surface area contributed by atoms with E-state index in [-0.39, 0.29) is 12.5 Å². The van der Waals surface area contributed by atoms with Crippen LogP contribution < -0.4 is 11.1 Å². The zero-order chi connectivity index (χ0) is 13.7. The highest BCUT2D eigenvalue weighted by atomic mass is 32.1. The van der Waals surface area contributed by atoms with Gasteiger partial charge < -0.3 is 15.8 Å². The fourth-order valence-corrected chi connectivity index (χ4v) is 1.90. The van der Waals surface area contributed by atoms with Gasteiger partial charge in [0.1, 0.15) is 11.6 Å². The molecule has 1 aliphatic carbocycles. The summed E-state index contributed by atoms with van der Waals surface area (Å²) in [4.78, 5) is 12.0. The quantitative estimate of drug-likeness (QED) is 0.592. The van der Waals surface area contributed by atoms with Crippen LogP contribution in [0.4, 0.5) is 5.69 Å². The standard InChI is InChI=1S/C14H18N2O2S/c15-14(19)11-2-1-3-12(8-11)16-13(17)9-18-7-6-10-4-5-10/h1-3,8,10H,4-7,9H2,(H2,15,19)(H,16,17). The minimum Gasteiger partial charge on any atom is -0.389 e. The van der Waals surface area contributed by atoms with Gasteiger partial charge in [-0.05, 0) is 24.5 Å². The van der Waals surface area contributed by atoms with Gasteiger partial charge in [0.05, 0.1) is 0 Å². The molecule has 0 spiro atoms. The minimum atomic E-state index is -0.157. The Kier molecular flexibility index (Phi) is 4.87. The van der Waals surface area contributed by atoms with E-state index < -0.39 is 0 Å². The first-order valence-corrected chi connectivity index (χ1v) is 6.83. The Morgan fingerprint density at radius 2 is 2.26 bits per heavy atom. The Hall–Kier alpha value is -1.46. The number of benzene rings is 1. The van der Waals surface area contributed by atoms with Crippen LogP contribution in [-0.4, -0.2) is 24.1 Å². The van der Waals surface area contributed by atoms with Crippen molar-refractivity contribution in [1.82, 2.24) is 0 Å². The van der Waals surface area contributed by atoms with Crippen LogP contribution >= 0.6 is 12.2 Å². The Morgan fingerprint density at radius 3 is 2.95 bits per heavy atom. The minimum absolute atomic E-state index is 0.0873. The van der Waals surface area contributed by atoms with Crippen molar-refractivity contribution >= 4 is 28.8 Å². The molecule has 102 valence electrons. The van der Waals surface area contributed by atoms with Crippen LogP contribution in [-0.2, 0) is 9.53 Å². The van der Waals surface area contributed by atoms with Crippen molar-refractivity contribution in [1.29, 1.82) is 0 Å². The molecule has 2 rings (SSSR count). The molecule has 1 aliphatic rings. The van der Waals surface area contributed by atoms with Crippen LogP contribution in [0.25, 0.3) is 0 Å². The van der Waals surface area contributed by atoms with Gasteiger partial charge in [-0.3, -0.25) is 4.79 Å². The van der Waals surface area contributed by atoms with Crippen LogP contribution in [0.1, 0.15) is 24.8 Å². The molecular weight excluding hydrogens is 260 g/mol. The number of rotatable bonds is 7. The number of nitrogens with one attached hydrogen (secondary N) is 1. The van der Waals surface area contributed by atoms with Crippen molar-refractivity contribution in [3.63, 3.8) is 0 Å². The molecule has 5 heteroatoms. The summed E-state index contributed by atoms with van der Waals surface area (Å²) in [5, 5.41) is 2.76. The van der Waals surface area contributed by atoms with Crippen LogP contribution in [0, 0.1) is 5.92 Å². The number of ether oxygens (including phenoxy) is 1. The van der Waals surface area contributed by atoms with E-state index in [1.165, 1.54) is 12.8 Å². The summed E-state index contributed by atoms with van der Waals surface area (Å²) in [6.45, 7) is 0.745. The van der Waals surface area contributed by atoms with E-state index in [1.54, 1.807) is 18.2 Å². The van der Waals surface area contributed by atoms with Gasteiger partial charge in [-0.15, -0.1) is 0 Å². The summed E-state index contributed by atoms with van der Waals surface area (Å²) in [5.41, 5.74) is 6.96. The second-order valence-corrected chi connectivity index (χ2v) is 5.22. The van der Waals surface area contributed by atoms with Crippen LogP contribution in [0.15, 0.2) is 24.3 Å². The summed E-state index contributed by atoms with van der Waals surface area (Å²) >= 11 is 4.89. The topological polar surface area (TPSA) is 64.3 Å².